The van der Waals surface area contributed by atoms with Crippen molar-refractivity contribution in [3.63, 3.8) is 0 Å². The SMILES string of the molecule is COCCOc1cc(OC2CCC(NC(=O)c3ccc(Cl)nn3)CC2)ccc1C#N. The standard InChI is InChI=1S/C21H23ClN4O4/c1-28-10-11-29-19-12-17(5-2-14(19)13-23)30-16-6-3-15(4-7-16)24-21(27)18-8-9-20(22)26-25-18/h2,5,8-9,12,15-16H,3-4,6-7,10-11H2,1H3,(H,24,27). The molecule has 0 spiro atoms. The highest BCUT2D eigenvalue weighted by Gasteiger charge is 2.24. The Hall–Kier alpha value is -2.89. The van der Waals surface area contributed by atoms with Gasteiger partial charge in [-0.2, -0.15) is 5.26 Å². The lowest BCUT2D eigenvalue weighted by molar-refractivity contribution is 0.0887. The quantitative estimate of drug-likeness (QED) is 0.641. The van der Waals surface area contributed by atoms with Crippen molar-refractivity contribution in [3.05, 3.63) is 46.7 Å². The number of ether oxygens (including phenoxy) is 3. The summed E-state index contributed by atoms with van der Waals surface area (Å²) in [5.74, 6) is 0.885. The molecule has 3 rings (SSSR count). The number of halogens is 1. The Kier molecular flexibility index (Phi) is 7.82. The molecule has 1 fully saturated rings. The van der Waals surface area contributed by atoms with Gasteiger partial charge < -0.3 is 19.5 Å². The maximum atomic E-state index is 12.3. The van der Waals surface area contributed by atoms with E-state index in [4.69, 9.17) is 25.8 Å². The first-order chi connectivity index (χ1) is 14.6. The van der Waals surface area contributed by atoms with Crippen LogP contribution in [0.25, 0.3) is 0 Å². The second-order valence-electron chi connectivity index (χ2n) is 6.92. The number of carbonyl (C=O) groups is 1. The van der Waals surface area contributed by atoms with Crippen molar-refractivity contribution in [1.29, 1.82) is 5.26 Å². The van der Waals surface area contributed by atoms with Gasteiger partial charge in [0.15, 0.2) is 10.8 Å². The molecular formula is C21H23ClN4O4. The van der Waals surface area contributed by atoms with Crippen molar-refractivity contribution in [2.75, 3.05) is 20.3 Å². The predicted molar refractivity (Wildman–Crippen MR) is 110 cm³/mol. The van der Waals surface area contributed by atoms with Crippen molar-refractivity contribution in [3.8, 4) is 17.6 Å². The van der Waals surface area contributed by atoms with E-state index in [1.807, 2.05) is 0 Å². The molecule has 0 atom stereocenters. The minimum absolute atomic E-state index is 0.0354. The van der Waals surface area contributed by atoms with Gasteiger partial charge in [-0.3, -0.25) is 4.79 Å². The van der Waals surface area contributed by atoms with Gasteiger partial charge in [-0.05, 0) is 49.9 Å². The molecular weight excluding hydrogens is 408 g/mol. The number of hydrogen-bond acceptors (Lipinski definition) is 7. The minimum Gasteiger partial charge on any atom is -0.490 e. The smallest absolute Gasteiger partial charge is 0.272 e. The number of hydrogen-bond donors (Lipinski definition) is 1. The van der Waals surface area contributed by atoms with Crippen LogP contribution < -0.4 is 14.8 Å². The normalized spacial score (nSPS) is 18.3. The van der Waals surface area contributed by atoms with E-state index >= 15 is 0 Å². The zero-order chi connectivity index (χ0) is 21.3. The highest BCUT2D eigenvalue weighted by atomic mass is 35.5. The van der Waals surface area contributed by atoms with Crippen molar-refractivity contribution in [2.45, 2.75) is 37.8 Å². The predicted octanol–water partition coefficient (Wildman–Crippen LogP) is 3.15. The maximum Gasteiger partial charge on any atom is 0.272 e. The van der Waals surface area contributed by atoms with Gasteiger partial charge >= 0.3 is 0 Å². The molecule has 30 heavy (non-hydrogen) atoms. The van der Waals surface area contributed by atoms with Crippen LogP contribution in [0.4, 0.5) is 0 Å². The largest absolute Gasteiger partial charge is 0.490 e. The van der Waals surface area contributed by atoms with Crippen LogP contribution in [0.2, 0.25) is 5.15 Å². The minimum atomic E-state index is -0.256. The van der Waals surface area contributed by atoms with Crippen LogP contribution in [-0.2, 0) is 4.74 Å². The number of nitriles is 1. The first kappa shape index (κ1) is 21.8. The molecule has 1 saturated carbocycles. The third-order valence-electron chi connectivity index (χ3n) is 4.80. The Balaban J connectivity index is 1.50. The van der Waals surface area contributed by atoms with E-state index in [1.165, 1.54) is 0 Å². The van der Waals surface area contributed by atoms with Gasteiger partial charge in [0.1, 0.15) is 24.2 Å². The highest BCUT2D eigenvalue weighted by Crippen LogP contribution is 2.28. The molecule has 1 aromatic heterocycles. The summed E-state index contributed by atoms with van der Waals surface area (Å²) < 4.78 is 16.7. The Labute approximate surface area is 180 Å². The molecule has 1 aromatic carbocycles. The van der Waals surface area contributed by atoms with Crippen LogP contribution in [0, 0.1) is 11.3 Å². The molecule has 0 aliphatic heterocycles. The van der Waals surface area contributed by atoms with E-state index in [1.54, 1.807) is 37.4 Å². The van der Waals surface area contributed by atoms with Crippen LogP contribution in [0.15, 0.2) is 30.3 Å². The van der Waals surface area contributed by atoms with Crippen LogP contribution in [0.1, 0.15) is 41.7 Å². The molecule has 2 aromatic rings. The number of amides is 1. The summed E-state index contributed by atoms with van der Waals surface area (Å²) >= 11 is 5.70. The fraction of sp³-hybridized carbons (Fsp3) is 0.429. The maximum absolute atomic E-state index is 12.3. The lowest BCUT2D eigenvalue weighted by Gasteiger charge is -2.29. The van der Waals surface area contributed by atoms with Gasteiger partial charge in [0, 0.05) is 19.2 Å². The monoisotopic (exact) mass is 430 g/mol. The average Bonchev–Trinajstić information content (AvgIpc) is 2.76. The molecule has 1 heterocycles. The molecule has 0 unspecified atom stereocenters. The number of rotatable bonds is 8. The first-order valence-corrected chi connectivity index (χ1v) is 10.1. The van der Waals surface area contributed by atoms with E-state index in [0.717, 1.165) is 25.7 Å². The third kappa shape index (κ3) is 6.05. The molecule has 9 heteroatoms. The summed E-state index contributed by atoms with van der Waals surface area (Å²) in [6, 6.07) is 10.5. The van der Waals surface area contributed by atoms with Gasteiger partial charge in [0.25, 0.3) is 5.91 Å². The molecule has 158 valence electrons. The molecule has 0 saturated heterocycles. The van der Waals surface area contributed by atoms with Crippen molar-refractivity contribution >= 4 is 17.5 Å². The molecule has 1 amide bonds. The highest BCUT2D eigenvalue weighted by molar-refractivity contribution is 6.29. The van der Waals surface area contributed by atoms with Crippen LogP contribution in [-0.4, -0.2) is 48.6 Å². The lowest BCUT2D eigenvalue weighted by Crippen LogP contribution is -2.40. The molecule has 1 N–H and O–H groups in total. The summed E-state index contributed by atoms with van der Waals surface area (Å²) in [6.45, 7) is 0.796. The summed E-state index contributed by atoms with van der Waals surface area (Å²) in [4.78, 5) is 12.3. The zero-order valence-electron chi connectivity index (χ0n) is 16.6. The first-order valence-electron chi connectivity index (χ1n) is 9.71. The molecule has 0 radical (unpaired) electrons. The van der Waals surface area contributed by atoms with Gasteiger partial charge in [-0.25, -0.2) is 0 Å². The van der Waals surface area contributed by atoms with Crippen molar-refractivity contribution < 1.29 is 19.0 Å². The summed E-state index contributed by atoms with van der Waals surface area (Å²) in [6.07, 6.45) is 3.23. The summed E-state index contributed by atoms with van der Waals surface area (Å²) in [7, 11) is 1.59. The second-order valence-corrected chi connectivity index (χ2v) is 7.30. The number of methoxy groups -OCH3 is 1. The molecule has 8 nitrogen and oxygen atoms in total. The molecule has 1 aliphatic carbocycles. The van der Waals surface area contributed by atoms with Crippen molar-refractivity contribution in [2.24, 2.45) is 0 Å². The van der Waals surface area contributed by atoms with E-state index in [9.17, 15) is 10.1 Å². The lowest BCUT2D eigenvalue weighted by atomic mass is 9.92. The number of nitrogens with zero attached hydrogens (tertiary/aromatic N) is 3. The average molecular weight is 431 g/mol. The number of benzene rings is 1. The Morgan fingerprint density at radius 3 is 2.67 bits per heavy atom. The fourth-order valence-electron chi connectivity index (χ4n) is 3.24. The molecule has 1 aliphatic rings. The topological polar surface area (TPSA) is 106 Å². The Morgan fingerprint density at radius 1 is 1.20 bits per heavy atom. The molecule has 0 bridgehead atoms. The van der Waals surface area contributed by atoms with Crippen LogP contribution in [0.5, 0.6) is 11.5 Å². The third-order valence-corrected chi connectivity index (χ3v) is 5.00. The van der Waals surface area contributed by atoms with Crippen LogP contribution in [0.3, 0.4) is 0 Å². The Morgan fingerprint density at radius 2 is 2.00 bits per heavy atom. The van der Waals surface area contributed by atoms with Crippen molar-refractivity contribution in [1.82, 2.24) is 15.5 Å². The fourth-order valence-corrected chi connectivity index (χ4v) is 3.34. The summed E-state index contributed by atoms with van der Waals surface area (Å²) in [5.41, 5.74) is 0.700. The number of nitrogens with one attached hydrogen (secondary N) is 1. The van der Waals surface area contributed by atoms with Gasteiger partial charge in [-0.1, -0.05) is 11.6 Å². The van der Waals surface area contributed by atoms with Gasteiger partial charge in [0.05, 0.1) is 18.3 Å². The summed E-state index contributed by atoms with van der Waals surface area (Å²) in [5, 5.41) is 20.0. The Bertz CT molecular complexity index is 893. The van der Waals surface area contributed by atoms with Gasteiger partial charge in [-0.15, -0.1) is 10.2 Å². The van der Waals surface area contributed by atoms with E-state index in [2.05, 4.69) is 21.6 Å². The number of aromatic nitrogens is 2. The zero-order valence-corrected chi connectivity index (χ0v) is 17.4. The van der Waals surface area contributed by atoms with Gasteiger partial charge in [0.2, 0.25) is 0 Å². The van der Waals surface area contributed by atoms with Crippen LogP contribution >= 0.6 is 11.6 Å². The van der Waals surface area contributed by atoms with E-state index in [-0.39, 0.29) is 28.9 Å². The second kappa shape index (κ2) is 10.8. The van der Waals surface area contributed by atoms with E-state index in [0.29, 0.717) is 30.3 Å². The number of carbonyl (C=O) groups excluding carboxylic acids is 1. The van der Waals surface area contributed by atoms with E-state index < -0.39 is 0 Å².